The van der Waals surface area contributed by atoms with Crippen LogP contribution in [0.2, 0.25) is 0 Å². The molecule has 1 aromatic rings. The molecule has 0 aliphatic rings. The summed E-state index contributed by atoms with van der Waals surface area (Å²) >= 11 is 0. The average Bonchev–Trinajstić information content (AvgIpc) is 2.74. The Morgan fingerprint density at radius 2 is 2.22 bits per heavy atom. The van der Waals surface area contributed by atoms with E-state index in [0.29, 0.717) is 0 Å². The maximum absolute atomic E-state index is 12.2. The Morgan fingerprint density at radius 3 is 2.67 bits per heavy atom. The number of hydrogen-bond acceptors (Lipinski definition) is 5. The van der Waals surface area contributed by atoms with Crippen LogP contribution in [0.25, 0.3) is 0 Å². The first-order valence-corrected chi connectivity index (χ1v) is 6.77. The monoisotopic (exact) mass is 275 g/mol. The van der Waals surface area contributed by atoms with Gasteiger partial charge in [-0.05, 0) is 6.07 Å². The van der Waals surface area contributed by atoms with E-state index in [9.17, 15) is 13.2 Å². The fourth-order valence-corrected chi connectivity index (χ4v) is 2.89. The van der Waals surface area contributed by atoms with Crippen molar-refractivity contribution in [1.29, 1.82) is 0 Å². The van der Waals surface area contributed by atoms with Crippen LogP contribution in [-0.2, 0) is 26.6 Å². The molecule has 0 N–H and O–H groups in total. The highest BCUT2D eigenvalue weighted by atomic mass is 32.2. The third kappa shape index (κ3) is 2.88. The minimum atomic E-state index is -3.64. The van der Waals surface area contributed by atoms with Crippen molar-refractivity contribution < 1.29 is 17.9 Å². The van der Waals surface area contributed by atoms with E-state index in [1.807, 2.05) is 0 Å². The second-order valence-electron chi connectivity index (χ2n) is 4.00. The van der Waals surface area contributed by atoms with E-state index < -0.39 is 21.9 Å². The van der Waals surface area contributed by atoms with Crippen molar-refractivity contribution in [3.8, 4) is 0 Å². The number of ether oxygens (including phenoxy) is 1. The Morgan fingerprint density at radius 1 is 1.61 bits per heavy atom. The topological polar surface area (TPSA) is 81.5 Å². The van der Waals surface area contributed by atoms with Gasteiger partial charge in [0.25, 0.3) is 10.0 Å². The van der Waals surface area contributed by atoms with Crippen LogP contribution in [0.5, 0.6) is 0 Å². The molecule has 0 aromatic carbocycles. The first-order valence-electron chi connectivity index (χ1n) is 5.33. The number of carbonyl (C=O) groups is 1. The maximum atomic E-state index is 12.2. The Hall–Kier alpha value is -1.41. The predicted molar refractivity (Wildman–Crippen MR) is 64.2 cm³/mol. The molecule has 0 bridgehead atoms. The van der Waals surface area contributed by atoms with Crippen LogP contribution in [-0.4, -0.2) is 49.2 Å². The zero-order valence-corrected chi connectivity index (χ0v) is 11.6. The number of aryl methyl sites for hydroxylation is 1. The van der Waals surface area contributed by atoms with Crippen molar-refractivity contribution >= 4 is 16.0 Å². The minimum absolute atomic E-state index is 0.0557. The van der Waals surface area contributed by atoms with Gasteiger partial charge in [0.05, 0.1) is 19.2 Å². The van der Waals surface area contributed by atoms with Gasteiger partial charge in [0, 0.05) is 20.6 Å². The van der Waals surface area contributed by atoms with Crippen molar-refractivity contribution in [1.82, 2.24) is 14.1 Å². The van der Waals surface area contributed by atoms with E-state index in [1.165, 1.54) is 31.1 Å². The Bertz CT molecular complexity index is 523. The van der Waals surface area contributed by atoms with Gasteiger partial charge in [-0.1, -0.05) is 6.92 Å². The standard InChI is InChI=1S/C10H17N3O4S/c1-8(10(14)17-4)7-12(2)18(15,16)9-5-6-11-13(9)3/h5-6,8H,7H2,1-4H3. The van der Waals surface area contributed by atoms with E-state index in [0.717, 1.165) is 4.31 Å². The summed E-state index contributed by atoms with van der Waals surface area (Å²) in [7, 11) is 0.600. The van der Waals surface area contributed by atoms with Crippen molar-refractivity contribution in [3.05, 3.63) is 12.3 Å². The van der Waals surface area contributed by atoms with Crippen LogP contribution < -0.4 is 0 Å². The molecule has 0 amide bonds. The molecule has 0 radical (unpaired) electrons. The minimum Gasteiger partial charge on any atom is -0.469 e. The summed E-state index contributed by atoms with van der Waals surface area (Å²) in [4.78, 5) is 11.3. The van der Waals surface area contributed by atoms with Crippen LogP contribution in [0, 0.1) is 5.92 Å². The van der Waals surface area contributed by atoms with Gasteiger partial charge >= 0.3 is 5.97 Å². The number of aromatic nitrogens is 2. The summed E-state index contributed by atoms with van der Waals surface area (Å²) in [5.41, 5.74) is 0. The summed E-state index contributed by atoms with van der Waals surface area (Å²) in [6, 6.07) is 1.41. The molecule has 0 aliphatic carbocycles. The molecule has 102 valence electrons. The molecule has 1 atom stereocenters. The van der Waals surface area contributed by atoms with E-state index >= 15 is 0 Å². The molecular formula is C10H17N3O4S. The van der Waals surface area contributed by atoms with Crippen LogP contribution in [0.3, 0.4) is 0 Å². The Labute approximate surface area is 106 Å². The highest BCUT2D eigenvalue weighted by Crippen LogP contribution is 2.14. The van der Waals surface area contributed by atoms with Crippen molar-refractivity contribution in [2.24, 2.45) is 13.0 Å². The number of rotatable bonds is 5. The molecule has 0 saturated heterocycles. The Kier molecular flexibility index (Phi) is 4.47. The van der Waals surface area contributed by atoms with Gasteiger partial charge in [-0.2, -0.15) is 9.40 Å². The Balaban J connectivity index is 2.88. The van der Waals surface area contributed by atoms with E-state index in [2.05, 4.69) is 9.84 Å². The lowest BCUT2D eigenvalue weighted by Crippen LogP contribution is -2.35. The van der Waals surface area contributed by atoms with Crippen LogP contribution in [0.1, 0.15) is 6.92 Å². The molecule has 8 heteroatoms. The van der Waals surface area contributed by atoms with Gasteiger partial charge in [0.1, 0.15) is 0 Å². The molecule has 1 rings (SSSR count). The molecule has 0 saturated carbocycles. The number of carbonyl (C=O) groups excluding carboxylic acids is 1. The number of hydrogen-bond donors (Lipinski definition) is 0. The molecule has 0 aliphatic heterocycles. The fourth-order valence-electron chi connectivity index (χ4n) is 1.53. The van der Waals surface area contributed by atoms with E-state index in [4.69, 9.17) is 0 Å². The number of nitrogens with zero attached hydrogens (tertiary/aromatic N) is 3. The summed E-state index contributed by atoms with van der Waals surface area (Å²) < 4.78 is 31.3. The molecule has 0 fully saturated rings. The number of sulfonamides is 1. The fraction of sp³-hybridized carbons (Fsp3) is 0.600. The number of esters is 1. The molecule has 18 heavy (non-hydrogen) atoms. The second kappa shape index (κ2) is 5.49. The zero-order chi connectivity index (χ0) is 13.9. The van der Waals surface area contributed by atoms with Crippen LogP contribution in [0.4, 0.5) is 0 Å². The average molecular weight is 275 g/mol. The van der Waals surface area contributed by atoms with Crippen molar-refractivity contribution in [2.45, 2.75) is 11.9 Å². The van der Waals surface area contributed by atoms with Gasteiger partial charge in [-0.15, -0.1) is 0 Å². The normalized spacial score (nSPS) is 13.6. The molecule has 7 nitrogen and oxygen atoms in total. The smallest absolute Gasteiger partial charge is 0.309 e. The van der Waals surface area contributed by atoms with Gasteiger partial charge in [0.15, 0.2) is 5.03 Å². The summed E-state index contributed by atoms with van der Waals surface area (Å²) in [5.74, 6) is -0.968. The van der Waals surface area contributed by atoms with Crippen LogP contribution >= 0.6 is 0 Å². The molecular weight excluding hydrogens is 258 g/mol. The lowest BCUT2D eigenvalue weighted by atomic mass is 10.2. The van der Waals surface area contributed by atoms with E-state index in [-0.39, 0.29) is 11.6 Å². The third-order valence-electron chi connectivity index (χ3n) is 2.59. The molecule has 1 unspecified atom stereocenters. The van der Waals surface area contributed by atoms with Gasteiger partial charge in [-0.25, -0.2) is 8.42 Å². The summed E-state index contributed by atoms with van der Waals surface area (Å²) in [6.45, 7) is 1.67. The number of methoxy groups -OCH3 is 1. The van der Waals surface area contributed by atoms with Gasteiger partial charge in [-0.3, -0.25) is 9.48 Å². The van der Waals surface area contributed by atoms with E-state index in [1.54, 1.807) is 14.0 Å². The highest BCUT2D eigenvalue weighted by Gasteiger charge is 2.27. The zero-order valence-electron chi connectivity index (χ0n) is 10.8. The third-order valence-corrected chi connectivity index (χ3v) is 4.48. The van der Waals surface area contributed by atoms with Gasteiger partial charge in [0.2, 0.25) is 0 Å². The summed E-state index contributed by atoms with van der Waals surface area (Å²) in [6.07, 6.45) is 1.41. The SMILES string of the molecule is COC(=O)C(C)CN(C)S(=O)(=O)c1ccnn1C. The quantitative estimate of drug-likeness (QED) is 0.698. The first kappa shape index (κ1) is 14.7. The van der Waals surface area contributed by atoms with Crippen LogP contribution in [0.15, 0.2) is 17.3 Å². The van der Waals surface area contributed by atoms with Crippen molar-refractivity contribution in [2.75, 3.05) is 20.7 Å². The van der Waals surface area contributed by atoms with Gasteiger partial charge < -0.3 is 4.74 Å². The molecule has 1 aromatic heterocycles. The first-order chi connectivity index (χ1) is 8.30. The molecule has 1 heterocycles. The second-order valence-corrected chi connectivity index (χ2v) is 5.99. The molecule has 0 spiro atoms. The lowest BCUT2D eigenvalue weighted by Gasteiger charge is -2.19. The van der Waals surface area contributed by atoms with Crippen molar-refractivity contribution in [3.63, 3.8) is 0 Å². The lowest BCUT2D eigenvalue weighted by molar-refractivity contribution is -0.144. The maximum Gasteiger partial charge on any atom is 0.309 e. The largest absolute Gasteiger partial charge is 0.469 e. The predicted octanol–water partition coefficient (Wildman–Crippen LogP) is -0.150. The highest BCUT2D eigenvalue weighted by molar-refractivity contribution is 7.89. The summed E-state index contributed by atoms with van der Waals surface area (Å²) in [5, 5.41) is 3.90.